The van der Waals surface area contributed by atoms with Gasteiger partial charge < -0.3 is 14.4 Å². The van der Waals surface area contributed by atoms with Gasteiger partial charge in [0.05, 0.1) is 14.2 Å². The van der Waals surface area contributed by atoms with E-state index in [1.165, 1.54) is 37.1 Å². The Morgan fingerprint density at radius 3 is 2.72 bits per heavy atom. The first kappa shape index (κ1) is 19.8. The summed E-state index contributed by atoms with van der Waals surface area (Å²) in [5, 5.41) is 0. The third kappa shape index (κ3) is 5.75. The molecule has 0 bridgehead atoms. The van der Waals surface area contributed by atoms with Crippen molar-refractivity contribution in [3.8, 4) is 11.5 Å². The van der Waals surface area contributed by atoms with E-state index >= 15 is 0 Å². The normalized spacial score (nSPS) is 19.3. The van der Waals surface area contributed by atoms with Crippen molar-refractivity contribution in [2.45, 2.75) is 39.2 Å². The third-order valence-electron chi connectivity index (χ3n) is 5.27. The topological polar surface area (TPSA) is 24.9 Å². The van der Waals surface area contributed by atoms with Crippen LogP contribution in [0, 0.1) is 0 Å². The molecular formula is C21H34N2O2. The first-order valence-corrected chi connectivity index (χ1v) is 9.32. The molecule has 0 aliphatic carbocycles. The summed E-state index contributed by atoms with van der Waals surface area (Å²) in [5.74, 6) is 1.61. The van der Waals surface area contributed by atoms with Crippen molar-refractivity contribution in [2.24, 2.45) is 0 Å². The zero-order valence-electron chi connectivity index (χ0n) is 16.5. The van der Waals surface area contributed by atoms with Crippen molar-refractivity contribution in [2.75, 3.05) is 47.4 Å². The van der Waals surface area contributed by atoms with Gasteiger partial charge >= 0.3 is 0 Å². The van der Waals surface area contributed by atoms with Crippen LogP contribution in [0.2, 0.25) is 0 Å². The predicted octanol–water partition coefficient (Wildman–Crippen LogP) is 3.61. The van der Waals surface area contributed by atoms with E-state index in [4.69, 9.17) is 9.47 Å². The molecule has 140 valence electrons. The molecule has 2 rings (SSSR count). The second kappa shape index (κ2) is 9.83. The summed E-state index contributed by atoms with van der Waals surface area (Å²) in [6, 6.07) is 6.88. The number of likely N-dealkylation sites (N-methyl/N-ethyl adjacent to an activating group) is 1. The van der Waals surface area contributed by atoms with Gasteiger partial charge in [0, 0.05) is 25.7 Å². The Hall–Kier alpha value is -1.52. The first-order chi connectivity index (χ1) is 12.1. The molecule has 1 unspecified atom stereocenters. The van der Waals surface area contributed by atoms with Gasteiger partial charge in [-0.05, 0) is 64.4 Å². The van der Waals surface area contributed by atoms with Crippen molar-refractivity contribution < 1.29 is 9.47 Å². The SMILES string of the molecule is C/C=C(\C)CN1CCCC(N(C)CCc2ccc(OC)c(OC)c2)C1. The molecular weight excluding hydrogens is 312 g/mol. The van der Waals surface area contributed by atoms with Crippen molar-refractivity contribution in [1.82, 2.24) is 9.80 Å². The molecule has 1 aliphatic rings. The highest BCUT2D eigenvalue weighted by Crippen LogP contribution is 2.28. The molecule has 1 aromatic rings. The van der Waals surface area contributed by atoms with Crippen LogP contribution in [0.5, 0.6) is 11.5 Å². The van der Waals surface area contributed by atoms with Crippen LogP contribution in [0.4, 0.5) is 0 Å². The van der Waals surface area contributed by atoms with E-state index in [1.54, 1.807) is 14.2 Å². The molecule has 0 amide bonds. The monoisotopic (exact) mass is 346 g/mol. The van der Waals surface area contributed by atoms with E-state index in [0.29, 0.717) is 6.04 Å². The van der Waals surface area contributed by atoms with Gasteiger partial charge in [0.2, 0.25) is 0 Å². The molecule has 0 spiro atoms. The Morgan fingerprint density at radius 2 is 2.04 bits per heavy atom. The van der Waals surface area contributed by atoms with Crippen LogP contribution in [0.15, 0.2) is 29.8 Å². The Balaban J connectivity index is 1.88. The lowest BCUT2D eigenvalue weighted by molar-refractivity contribution is 0.124. The lowest BCUT2D eigenvalue weighted by atomic mass is 10.0. The van der Waals surface area contributed by atoms with Crippen LogP contribution >= 0.6 is 0 Å². The van der Waals surface area contributed by atoms with Gasteiger partial charge in [0.1, 0.15) is 0 Å². The highest BCUT2D eigenvalue weighted by molar-refractivity contribution is 5.42. The summed E-state index contributed by atoms with van der Waals surface area (Å²) in [5.41, 5.74) is 2.76. The van der Waals surface area contributed by atoms with E-state index in [2.05, 4.69) is 48.9 Å². The molecule has 1 atom stereocenters. The van der Waals surface area contributed by atoms with Gasteiger partial charge in [-0.25, -0.2) is 0 Å². The average molecular weight is 347 g/mol. The van der Waals surface area contributed by atoms with E-state index in [9.17, 15) is 0 Å². The number of likely N-dealkylation sites (tertiary alicyclic amines) is 1. The number of piperidine rings is 1. The molecule has 0 radical (unpaired) electrons. The Morgan fingerprint density at radius 1 is 1.28 bits per heavy atom. The summed E-state index contributed by atoms with van der Waals surface area (Å²) >= 11 is 0. The van der Waals surface area contributed by atoms with E-state index in [-0.39, 0.29) is 0 Å². The van der Waals surface area contributed by atoms with Crippen molar-refractivity contribution in [3.63, 3.8) is 0 Å². The summed E-state index contributed by atoms with van der Waals surface area (Å²) in [7, 11) is 5.63. The molecule has 25 heavy (non-hydrogen) atoms. The summed E-state index contributed by atoms with van der Waals surface area (Å²) in [6.45, 7) is 8.93. The van der Waals surface area contributed by atoms with Gasteiger partial charge in [0.25, 0.3) is 0 Å². The molecule has 0 aromatic heterocycles. The van der Waals surface area contributed by atoms with Gasteiger partial charge in [0.15, 0.2) is 11.5 Å². The lowest BCUT2D eigenvalue weighted by Gasteiger charge is -2.38. The van der Waals surface area contributed by atoms with Gasteiger partial charge in [-0.3, -0.25) is 4.90 Å². The number of ether oxygens (including phenoxy) is 2. The second-order valence-electron chi connectivity index (χ2n) is 7.09. The number of rotatable bonds is 8. The van der Waals surface area contributed by atoms with Crippen molar-refractivity contribution >= 4 is 0 Å². The van der Waals surface area contributed by atoms with Gasteiger partial charge in [-0.15, -0.1) is 0 Å². The maximum Gasteiger partial charge on any atom is 0.160 e. The van der Waals surface area contributed by atoms with Crippen LogP contribution in [-0.4, -0.2) is 63.3 Å². The zero-order chi connectivity index (χ0) is 18.2. The maximum atomic E-state index is 5.41. The number of methoxy groups -OCH3 is 2. The van der Waals surface area contributed by atoms with Crippen LogP contribution < -0.4 is 9.47 Å². The van der Waals surface area contributed by atoms with Crippen LogP contribution in [-0.2, 0) is 6.42 Å². The Labute approximate surface area is 153 Å². The number of nitrogens with zero attached hydrogens (tertiary/aromatic N) is 2. The van der Waals surface area contributed by atoms with Gasteiger partial charge in [-0.1, -0.05) is 17.7 Å². The minimum atomic E-state index is 0.651. The van der Waals surface area contributed by atoms with Gasteiger partial charge in [-0.2, -0.15) is 0 Å². The quantitative estimate of drug-likeness (QED) is 0.672. The van der Waals surface area contributed by atoms with E-state index < -0.39 is 0 Å². The zero-order valence-corrected chi connectivity index (χ0v) is 16.5. The van der Waals surface area contributed by atoms with Crippen molar-refractivity contribution in [1.29, 1.82) is 0 Å². The molecule has 0 N–H and O–H groups in total. The fourth-order valence-corrected chi connectivity index (χ4v) is 3.50. The standard InChI is InChI=1S/C21H34N2O2/c1-6-17(2)15-23-12-7-8-19(16-23)22(3)13-11-18-9-10-20(24-4)21(14-18)25-5/h6,9-10,14,19H,7-8,11-13,15-16H2,1-5H3/b17-6+. The van der Waals surface area contributed by atoms with Crippen molar-refractivity contribution in [3.05, 3.63) is 35.4 Å². The van der Waals surface area contributed by atoms with Crippen LogP contribution in [0.3, 0.4) is 0 Å². The lowest BCUT2D eigenvalue weighted by Crippen LogP contribution is -2.47. The number of allylic oxidation sites excluding steroid dienone is 1. The summed E-state index contributed by atoms with van der Waals surface area (Å²) < 4.78 is 10.7. The first-order valence-electron chi connectivity index (χ1n) is 9.32. The fourth-order valence-electron chi connectivity index (χ4n) is 3.50. The highest BCUT2D eigenvalue weighted by atomic mass is 16.5. The van der Waals surface area contributed by atoms with E-state index in [1.807, 2.05) is 6.07 Å². The summed E-state index contributed by atoms with van der Waals surface area (Å²) in [4.78, 5) is 5.12. The Kier molecular flexibility index (Phi) is 7.79. The fraction of sp³-hybridized carbons (Fsp3) is 0.619. The number of benzene rings is 1. The Bertz CT molecular complexity index is 571. The molecule has 4 nitrogen and oxygen atoms in total. The largest absolute Gasteiger partial charge is 0.493 e. The molecule has 1 fully saturated rings. The summed E-state index contributed by atoms with van der Waals surface area (Å²) in [6.07, 6.45) is 5.85. The number of hydrogen-bond acceptors (Lipinski definition) is 4. The smallest absolute Gasteiger partial charge is 0.160 e. The molecule has 4 heteroatoms. The molecule has 1 saturated heterocycles. The highest BCUT2D eigenvalue weighted by Gasteiger charge is 2.23. The molecule has 1 heterocycles. The maximum absolute atomic E-state index is 5.41. The minimum Gasteiger partial charge on any atom is -0.493 e. The average Bonchev–Trinajstić information content (AvgIpc) is 2.65. The minimum absolute atomic E-state index is 0.651. The van der Waals surface area contributed by atoms with Crippen LogP contribution in [0.25, 0.3) is 0 Å². The number of hydrogen-bond donors (Lipinski definition) is 0. The molecule has 1 aliphatic heterocycles. The third-order valence-corrected chi connectivity index (χ3v) is 5.27. The van der Waals surface area contributed by atoms with E-state index in [0.717, 1.165) is 31.0 Å². The predicted molar refractivity (Wildman–Crippen MR) is 105 cm³/mol. The van der Waals surface area contributed by atoms with Crippen LogP contribution in [0.1, 0.15) is 32.3 Å². The molecule has 0 saturated carbocycles. The molecule has 1 aromatic carbocycles. The second-order valence-corrected chi connectivity index (χ2v) is 7.09.